The number of nitrogens with one attached hydrogen (secondary N) is 2. The highest BCUT2D eigenvalue weighted by Gasteiger charge is 2.20. The molecule has 1 unspecified atom stereocenters. The minimum atomic E-state index is -0.438. The van der Waals surface area contributed by atoms with Gasteiger partial charge in [0.25, 0.3) is 0 Å². The van der Waals surface area contributed by atoms with Crippen LogP contribution in [0.5, 0.6) is 0 Å². The Morgan fingerprint density at radius 3 is 2.67 bits per heavy atom. The van der Waals surface area contributed by atoms with E-state index in [-0.39, 0.29) is 12.4 Å². The zero-order valence-corrected chi connectivity index (χ0v) is 14.6. The number of nitrogens with zero attached hydrogens (tertiary/aromatic N) is 2. The largest absolute Gasteiger partial charge is 0.469 e. The van der Waals surface area contributed by atoms with Gasteiger partial charge in [-0.3, -0.25) is 4.79 Å². The van der Waals surface area contributed by atoms with E-state index in [2.05, 4.69) is 15.6 Å². The topological polar surface area (TPSA) is 83.6 Å². The first-order valence-corrected chi connectivity index (χ1v) is 8.18. The number of anilines is 2. The predicted octanol–water partition coefficient (Wildman–Crippen LogP) is 2.64. The van der Waals surface area contributed by atoms with Crippen molar-refractivity contribution in [3.8, 4) is 0 Å². The van der Waals surface area contributed by atoms with Crippen LogP contribution >= 0.6 is 11.3 Å². The second-order valence-corrected chi connectivity index (χ2v) is 6.23. The van der Waals surface area contributed by atoms with E-state index in [1.54, 1.807) is 18.3 Å². The Kier molecular flexibility index (Phi) is 6.14. The molecular formula is C16H20N4O3S. The van der Waals surface area contributed by atoms with Crippen LogP contribution in [0.4, 0.5) is 16.3 Å². The number of aromatic nitrogens is 1. The number of carbonyl (C=O) groups is 2. The third-order valence-electron chi connectivity index (χ3n) is 3.25. The van der Waals surface area contributed by atoms with Gasteiger partial charge in [-0.25, -0.2) is 9.78 Å². The lowest BCUT2D eigenvalue weighted by molar-refractivity contribution is -0.141. The van der Waals surface area contributed by atoms with E-state index in [1.165, 1.54) is 18.4 Å². The highest BCUT2D eigenvalue weighted by molar-refractivity contribution is 7.10. The fraction of sp³-hybridized carbons (Fsp3) is 0.312. The first-order chi connectivity index (χ1) is 11.5. The third-order valence-corrected chi connectivity index (χ3v) is 4.24. The van der Waals surface area contributed by atoms with E-state index in [1.807, 2.05) is 36.5 Å². The monoisotopic (exact) mass is 348 g/mol. The van der Waals surface area contributed by atoms with E-state index in [0.29, 0.717) is 5.69 Å². The molecule has 0 saturated carbocycles. The molecule has 2 rings (SSSR count). The molecule has 0 aliphatic carbocycles. The van der Waals surface area contributed by atoms with Gasteiger partial charge in [0.05, 0.1) is 31.5 Å². The van der Waals surface area contributed by atoms with Crippen LogP contribution < -0.4 is 15.5 Å². The Labute approximate surface area is 144 Å². The first kappa shape index (κ1) is 17.7. The molecule has 2 heterocycles. The molecule has 0 saturated heterocycles. The molecule has 0 aliphatic rings. The normalized spacial score (nSPS) is 11.5. The van der Waals surface area contributed by atoms with Crippen molar-refractivity contribution in [1.29, 1.82) is 0 Å². The van der Waals surface area contributed by atoms with Gasteiger partial charge in [0.1, 0.15) is 5.82 Å². The van der Waals surface area contributed by atoms with Gasteiger partial charge in [-0.1, -0.05) is 6.07 Å². The number of carbonyl (C=O) groups excluding carboxylic acids is 2. The maximum atomic E-state index is 12.2. The van der Waals surface area contributed by atoms with E-state index in [4.69, 9.17) is 4.74 Å². The second-order valence-electron chi connectivity index (χ2n) is 5.25. The summed E-state index contributed by atoms with van der Waals surface area (Å²) in [7, 11) is 5.10. The van der Waals surface area contributed by atoms with Crippen molar-refractivity contribution >= 4 is 34.8 Å². The maximum absolute atomic E-state index is 12.2. The van der Waals surface area contributed by atoms with Crippen LogP contribution in [-0.2, 0) is 9.53 Å². The Balaban J connectivity index is 2.00. The molecule has 0 spiro atoms. The number of pyridine rings is 1. The van der Waals surface area contributed by atoms with Crippen LogP contribution in [0.3, 0.4) is 0 Å². The molecule has 0 bridgehead atoms. The number of rotatable bonds is 6. The van der Waals surface area contributed by atoms with Crippen LogP contribution in [-0.4, -0.2) is 38.2 Å². The fourth-order valence-electron chi connectivity index (χ4n) is 2.01. The molecule has 8 heteroatoms. The molecular weight excluding hydrogens is 328 g/mol. The van der Waals surface area contributed by atoms with Crippen LogP contribution in [0.2, 0.25) is 0 Å². The standard InChI is InChI=1S/C16H20N4O3S/c1-20(2)14-7-6-11(10-17-14)18-16(22)19-12(9-15(21)23-3)13-5-4-8-24-13/h4-8,10,12H,9H2,1-3H3,(H2,18,19,22). The molecule has 2 aromatic rings. The molecule has 24 heavy (non-hydrogen) atoms. The average Bonchev–Trinajstić information content (AvgIpc) is 3.09. The van der Waals surface area contributed by atoms with Gasteiger partial charge in [0, 0.05) is 19.0 Å². The molecule has 7 nitrogen and oxygen atoms in total. The first-order valence-electron chi connectivity index (χ1n) is 7.30. The zero-order chi connectivity index (χ0) is 17.5. The lowest BCUT2D eigenvalue weighted by atomic mass is 10.2. The van der Waals surface area contributed by atoms with Crippen molar-refractivity contribution in [2.45, 2.75) is 12.5 Å². The molecule has 0 radical (unpaired) electrons. The van der Waals surface area contributed by atoms with Crippen molar-refractivity contribution in [1.82, 2.24) is 10.3 Å². The molecule has 128 valence electrons. The number of hydrogen-bond acceptors (Lipinski definition) is 6. The quantitative estimate of drug-likeness (QED) is 0.784. The van der Waals surface area contributed by atoms with Crippen molar-refractivity contribution in [2.24, 2.45) is 0 Å². The minimum absolute atomic E-state index is 0.0717. The van der Waals surface area contributed by atoms with Crippen LogP contribution in [0.1, 0.15) is 17.3 Å². The maximum Gasteiger partial charge on any atom is 0.319 e. The Hall–Kier alpha value is -2.61. The Bertz CT molecular complexity index is 671. The summed E-state index contributed by atoms with van der Waals surface area (Å²) in [6, 6.07) is 6.46. The highest BCUT2D eigenvalue weighted by atomic mass is 32.1. The molecule has 0 aliphatic heterocycles. The van der Waals surface area contributed by atoms with Gasteiger partial charge in [0.2, 0.25) is 0 Å². The number of esters is 1. The molecule has 0 fully saturated rings. The number of ether oxygens (including phenoxy) is 1. The minimum Gasteiger partial charge on any atom is -0.469 e. The van der Waals surface area contributed by atoms with Gasteiger partial charge in [-0.2, -0.15) is 0 Å². The van der Waals surface area contributed by atoms with E-state index in [9.17, 15) is 9.59 Å². The van der Waals surface area contributed by atoms with Gasteiger partial charge in [0.15, 0.2) is 0 Å². The summed E-state index contributed by atoms with van der Waals surface area (Å²) >= 11 is 1.47. The molecule has 1 atom stereocenters. The number of urea groups is 1. The smallest absolute Gasteiger partial charge is 0.319 e. The lowest BCUT2D eigenvalue weighted by Crippen LogP contribution is -2.33. The zero-order valence-electron chi connectivity index (χ0n) is 13.8. The van der Waals surface area contributed by atoms with Gasteiger partial charge in [-0.05, 0) is 23.6 Å². The lowest BCUT2D eigenvalue weighted by Gasteiger charge is -2.17. The van der Waals surface area contributed by atoms with E-state index in [0.717, 1.165) is 10.7 Å². The molecule has 2 amide bonds. The number of hydrogen-bond donors (Lipinski definition) is 2. The van der Waals surface area contributed by atoms with Crippen molar-refractivity contribution in [3.05, 3.63) is 40.7 Å². The Morgan fingerprint density at radius 1 is 1.33 bits per heavy atom. The summed E-state index contributed by atoms with van der Waals surface area (Å²) in [5.41, 5.74) is 0.570. The van der Waals surface area contributed by atoms with Crippen LogP contribution in [0.15, 0.2) is 35.8 Å². The summed E-state index contributed by atoms with van der Waals surface area (Å²) < 4.78 is 4.69. The molecule has 0 aromatic carbocycles. The van der Waals surface area contributed by atoms with Crippen molar-refractivity contribution in [3.63, 3.8) is 0 Å². The number of thiophene rings is 1. The summed E-state index contributed by atoms with van der Waals surface area (Å²) in [5, 5.41) is 7.40. The van der Waals surface area contributed by atoms with Gasteiger partial charge in [-0.15, -0.1) is 11.3 Å². The second kappa shape index (κ2) is 8.30. The van der Waals surface area contributed by atoms with E-state index >= 15 is 0 Å². The Morgan fingerprint density at radius 2 is 2.12 bits per heavy atom. The van der Waals surface area contributed by atoms with Gasteiger partial charge >= 0.3 is 12.0 Å². The molecule has 2 N–H and O–H groups in total. The number of amides is 2. The summed E-state index contributed by atoms with van der Waals surface area (Å²) in [6.45, 7) is 0. The summed E-state index contributed by atoms with van der Waals surface area (Å²) in [5.74, 6) is 0.411. The van der Waals surface area contributed by atoms with Gasteiger partial charge < -0.3 is 20.3 Å². The molecule has 2 aromatic heterocycles. The SMILES string of the molecule is COC(=O)CC(NC(=O)Nc1ccc(N(C)C)nc1)c1cccs1. The summed E-state index contributed by atoms with van der Waals surface area (Å²) in [6.07, 6.45) is 1.65. The van der Waals surface area contributed by atoms with Crippen molar-refractivity contribution in [2.75, 3.05) is 31.4 Å². The summed E-state index contributed by atoms with van der Waals surface area (Å²) in [4.78, 5) is 30.7. The predicted molar refractivity (Wildman–Crippen MR) is 94.4 cm³/mol. The number of methoxy groups -OCH3 is 1. The average molecular weight is 348 g/mol. The van der Waals surface area contributed by atoms with Crippen LogP contribution in [0.25, 0.3) is 0 Å². The van der Waals surface area contributed by atoms with Crippen LogP contribution in [0, 0.1) is 0 Å². The van der Waals surface area contributed by atoms with Crippen molar-refractivity contribution < 1.29 is 14.3 Å². The highest BCUT2D eigenvalue weighted by Crippen LogP contribution is 2.22. The fourth-order valence-corrected chi connectivity index (χ4v) is 2.79. The van der Waals surface area contributed by atoms with E-state index < -0.39 is 12.1 Å². The third kappa shape index (κ3) is 4.95.